The van der Waals surface area contributed by atoms with Crippen LogP contribution >= 0.6 is 11.6 Å². The largest absolute Gasteiger partial charge is 0.344 e. The summed E-state index contributed by atoms with van der Waals surface area (Å²) in [6.07, 6.45) is 8.29. The summed E-state index contributed by atoms with van der Waals surface area (Å²) in [6.45, 7) is 1.84. The van der Waals surface area contributed by atoms with E-state index in [9.17, 15) is 9.59 Å². The van der Waals surface area contributed by atoms with E-state index >= 15 is 0 Å². The van der Waals surface area contributed by atoms with E-state index in [4.69, 9.17) is 11.6 Å². The van der Waals surface area contributed by atoms with Gasteiger partial charge in [-0.3, -0.25) is 19.6 Å². The van der Waals surface area contributed by atoms with Crippen molar-refractivity contribution in [2.75, 3.05) is 0 Å². The van der Waals surface area contributed by atoms with Crippen LogP contribution in [0.25, 0.3) is 16.9 Å². The van der Waals surface area contributed by atoms with Crippen LogP contribution < -0.4 is 10.9 Å². The number of nitrogens with one attached hydrogen (secondary N) is 2. The molecule has 0 bridgehead atoms. The Labute approximate surface area is 182 Å². The molecule has 0 radical (unpaired) electrons. The zero-order chi connectivity index (χ0) is 21.5. The molecule has 1 aliphatic rings. The fourth-order valence-electron chi connectivity index (χ4n) is 3.73. The average molecular weight is 435 g/mol. The fourth-order valence-corrected chi connectivity index (χ4v) is 3.92. The predicted molar refractivity (Wildman–Crippen MR) is 116 cm³/mol. The van der Waals surface area contributed by atoms with Gasteiger partial charge in [-0.1, -0.05) is 23.7 Å². The second-order valence-corrected chi connectivity index (χ2v) is 8.10. The van der Waals surface area contributed by atoms with Crippen LogP contribution in [0.2, 0.25) is 5.02 Å². The molecule has 5 rings (SSSR count). The van der Waals surface area contributed by atoms with E-state index in [1.54, 1.807) is 43.0 Å². The van der Waals surface area contributed by atoms with Gasteiger partial charge in [-0.25, -0.2) is 4.52 Å². The number of aromatic amines is 1. The van der Waals surface area contributed by atoms with Crippen molar-refractivity contribution >= 4 is 23.0 Å². The number of hydrogen-bond acceptors (Lipinski definition) is 5. The quantitative estimate of drug-likeness (QED) is 0.500. The summed E-state index contributed by atoms with van der Waals surface area (Å²) in [7, 11) is 0. The maximum absolute atomic E-state index is 13.1. The number of rotatable bonds is 5. The molecular formula is C22H19ClN6O2. The first-order valence-electron chi connectivity index (χ1n) is 9.99. The lowest BCUT2D eigenvalue weighted by molar-refractivity contribution is 0.0938. The molecule has 0 aliphatic heterocycles. The Bertz CT molecular complexity index is 1340. The molecule has 1 amide bonds. The lowest BCUT2D eigenvalue weighted by atomic mass is 10.1. The van der Waals surface area contributed by atoms with Gasteiger partial charge in [0, 0.05) is 34.7 Å². The number of halogens is 1. The number of amides is 1. The second-order valence-electron chi connectivity index (χ2n) is 7.66. The van der Waals surface area contributed by atoms with E-state index in [0.717, 1.165) is 18.4 Å². The maximum Gasteiger partial charge on any atom is 0.275 e. The smallest absolute Gasteiger partial charge is 0.275 e. The monoisotopic (exact) mass is 434 g/mol. The third-order valence-corrected chi connectivity index (χ3v) is 5.62. The molecule has 2 N–H and O–H groups in total. The summed E-state index contributed by atoms with van der Waals surface area (Å²) in [4.78, 5) is 37.3. The van der Waals surface area contributed by atoms with Crippen LogP contribution in [-0.2, 0) is 0 Å². The van der Waals surface area contributed by atoms with E-state index in [-0.39, 0.29) is 23.4 Å². The molecule has 4 aromatic rings. The molecule has 8 nitrogen and oxygen atoms in total. The van der Waals surface area contributed by atoms with Gasteiger partial charge in [0.2, 0.25) is 0 Å². The highest BCUT2D eigenvalue weighted by molar-refractivity contribution is 6.30. The van der Waals surface area contributed by atoms with E-state index < -0.39 is 0 Å². The first kappa shape index (κ1) is 19.4. The zero-order valence-corrected chi connectivity index (χ0v) is 17.4. The summed E-state index contributed by atoms with van der Waals surface area (Å²) in [6, 6.07) is 6.76. The van der Waals surface area contributed by atoms with Crippen LogP contribution in [0.5, 0.6) is 0 Å². The Morgan fingerprint density at radius 3 is 2.87 bits per heavy atom. The van der Waals surface area contributed by atoms with Crippen molar-refractivity contribution in [3.63, 3.8) is 0 Å². The molecular weight excluding hydrogens is 416 g/mol. The highest BCUT2D eigenvalue weighted by Crippen LogP contribution is 2.43. The van der Waals surface area contributed by atoms with Crippen molar-refractivity contribution in [2.24, 2.45) is 0 Å². The van der Waals surface area contributed by atoms with Gasteiger partial charge in [0.15, 0.2) is 5.82 Å². The lowest BCUT2D eigenvalue weighted by Crippen LogP contribution is -2.27. The Hall–Kier alpha value is -3.52. The van der Waals surface area contributed by atoms with Crippen LogP contribution in [0.15, 0.2) is 53.8 Å². The molecule has 0 spiro atoms. The molecule has 1 aromatic carbocycles. The molecule has 9 heteroatoms. The van der Waals surface area contributed by atoms with Gasteiger partial charge in [0.25, 0.3) is 11.5 Å². The van der Waals surface area contributed by atoms with Crippen molar-refractivity contribution in [3.8, 4) is 11.4 Å². The van der Waals surface area contributed by atoms with Crippen molar-refractivity contribution < 1.29 is 4.79 Å². The lowest BCUT2D eigenvalue weighted by Gasteiger charge is -2.13. The predicted octanol–water partition coefficient (Wildman–Crippen LogP) is 3.50. The highest BCUT2D eigenvalue weighted by atomic mass is 35.5. The Morgan fingerprint density at radius 1 is 1.32 bits per heavy atom. The van der Waals surface area contributed by atoms with Crippen LogP contribution in [0.3, 0.4) is 0 Å². The number of aromatic nitrogens is 5. The van der Waals surface area contributed by atoms with Crippen LogP contribution in [0.4, 0.5) is 0 Å². The first-order chi connectivity index (χ1) is 15.0. The number of fused-ring (bicyclic) bond motifs is 1. The minimum Gasteiger partial charge on any atom is -0.344 e. The van der Waals surface area contributed by atoms with Gasteiger partial charge in [-0.15, -0.1) is 5.10 Å². The van der Waals surface area contributed by atoms with E-state index in [0.29, 0.717) is 33.2 Å². The number of nitrogens with zero attached hydrogens (tertiary/aromatic N) is 4. The molecule has 156 valence electrons. The van der Waals surface area contributed by atoms with Crippen LogP contribution in [0.1, 0.15) is 53.3 Å². The summed E-state index contributed by atoms with van der Waals surface area (Å²) in [5.41, 5.74) is 2.68. The molecule has 0 saturated heterocycles. The molecule has 3 heterocycles. The summed E-state index contributed by atoms with van der Waals surface area (Å²) >= 11 is 6.08. The molecule has 1 fully saturated rings. The van der Waals surface area contributed by atoms with Gasteiger partial charge in [0.05, 0.1) is 23.5 Å². The van der Waals surface area contributed by atoms with Gasteiger partial charge in [0.1, 0.15) is 5.52 Å². The van der Waals surface area contributed by atoms with E-state index in [1.165, 1.54) is 4.52 Å². The number of carbonyl (C=O) groups excluding carboxylic acids is 1. The van der Waals surface area contributed by atoms with Crippen LogP contribution in [0, 0.1) is 0 Å². The number of carbonyl (C=O) groups is 1. The second kappa shape index (κ2) is 7.63. The average Bonchev–Trinajstić information content (AvgIpc) is 3.53. The topological polar surface area (TPSA) is 105 Å². The SMILES string of the molecule is CC(NC(=O)c1cn2nc(-c3cccc(Cl)c3)[nH]c(=O)c2c1C1CC1)c1cnccn1. The Morgan fingerprint density at radius 2 is 2.16 bits per heavy atom. The van der Waals surface area contributed by atoms with E-state index in [2.05, 4.69) is 25.4 Å². The Kier molecular flexibility index (Phi) is 4.78. The maximum atomic E-state index is 13.1. The first-order valence-corrected chi connectivity index (χ1v) is 10.4. The summed E-state index contributed by atoms with van der Waals surface area (Å²) in [5.74, 6) is 0.295. The normalized spacial score (nSPS) is 14.5. The molecule has 1 atom stereocenters. The standard InChI is InChI=1S/C22H19ClN6O2/c1-12(17-10-24-7-8-25-17)26-21(30)16-11-29-19(18(16)13-5-6-13)22(31)27-20(28-29)14-3-2-4-15(23)9-14/h2-4,7-13H,5-6H2,1H3,(H,26,30)(H,27,28,31). The minimum atomic E-state index is -0.329. The zero-order valence-electron chi connectivity index (χ0n) is 16.7. The molecule has 1 unspecified atom stereocenters. The van der Waals surface area contributed by atoms with Crippen LogP contribution in [-0.4, -0.2) is 30.5 Å². The molecule has 1 aliphatic carbocycles. The van der Waals surface area contributed by atoms with E-state index in [1.807, 2.05) is 13.0 Å². The van der Waals surface area contributed by atoms with Gasteiger partial charge in [-0.2, -0.15) is 0 Å². The molecule has 3 aromatic heterocycles. The van der Waals surface area contributed by atoms with Crippen molar-refractivity contribution in [1.29, 1.82) is 0 Å². The third-order valence-electron chi connectivity index (χ3n) is 5.38. The van der Waals surface area contributed by atoms with Gasteiger partial charge < -0.3 is 10.3 Å². The van der Waals surface area contributed by atoms with Crippen molar-refractivity contribution in [2.45, 2.75) is 31.7 Å². The molecule has 31 heavy (non-hydrogen) atoms. The van der Waals surface area contributed by atoms with Crippen molar-refractivity contribution in [1.82, 2.24) is 29.9 Å². The fraction of sp³-hybridized carbons (Fsp3) is 0.227. The minimum absolute atomic E-state index is 0.178. The number of benzene rings is 1. The van der Waals surface area contributed by atoms with Crippen molar-refractivity contribution in [3.05, 3.63) is 81.3 Å². The molecule has 1 saturated carbocycles. The highest BCUT2D eigenvalue weighted by Gasteiger charge is 2.33. The van der Waals surface area contributed by atoms with Gasteiger partial charge in [-0.05, 0) is 37.8 Å². The summed E-state index contributed by atoms with van der Waals surface area (Å²) in [5, 5.41) is 8.06. The number of hydrogen-bond donors (Lipinski definition) is 2. The summed E-state index contributed by atoms with van der Waals surface area (Å²) < 4.78 is 1.50. The number of H-pyrrole nitrogens is 1. The third kappa shape index (κ3) is 3.70. The Balaban J connectivity index is 1.57. The van der Waals surface area contributed by atoms with Gasteiger partial charge >= 0.3 is 0 Å².